The highest BCUT2D eigenvalue weighted by Gasteiger charge is 2.12. The van der Waals surface area contributed by atoms with E-state index in [-0.39, 0.29) is 5.56 Å². The van der Waals surface area contributed by atoms with Crippen LogP contribution in [0.3, 0.4) is 0 Å². The van der Waals surface area contributed by atoms with E-state index in [9.17, 15) is 13.2 Å². The smallest absolute Gasteiger partial charge is 0.194 e. The van der Waals surface area contributed by atoms with Crippen molar-refractivity contribution in [3.63, 3.8) is 0 Å². The fraction of sp³-hybridized carbons (Fsp3) is 0.100. The van der Waals surface area contributed by atoms with Crippen LogP contribution in [0.5, 0.6) is 0 Å². The van der Waals surface area contributed by atoms with Crippen molar-refractivity contribution >= 4 is 0 Å². The predicted molar refractivity (Wildman–Crippen MR) is 44.6 cm³/mol. The fourth-order valence-corrected chi connectivity index (χ4v) is 0.925. The van der Waals surface area contributed by atoms with Crippen molar-refractivity contribution < 1.29 is 13.2 Å². The van der Waals surface area contributed by atoms with Crippen molar-refractivity contribution in [1.29, 1.82) is 0 Å². The largest absolute Gasteiger partial charge is 0.204 e. The summed E-state index contributed by atoms with van der Waals surface area (Å²) in [6.07, 6.45) is 1.42. The number of hydrogen-bond acceptors (Lipinski definition) is 0. The second-order valence-electron chi connectivity index (χ2n) is 2.64. The van der Waals surface area contributed by atoms with Crippen LogP contribution in [0.25, 0.3) is 0 Å². The van der Waals surface area contributed by atoms with Crippen LogP contribution in [0.15, 0.2) is 24.8 Å². The Balaban J connectivity index is 3.20. The van der Waals surface area contributed by atoms with E-state index >= 15 is 0 Å². The summed E-state index contributed by atoms with van der Waals surface area (Å²) in [6.45, 7) is 6.98. The van der Waals surface area contributed by atoms with Crippen molar-refractivity contribution in [3.8, 4) is 0 Å². The second-order valence-corrected chi connectivity index (χ2v) is 2.64. The minimum atomic E-state index is -1.46. The predicted octanol–water partition coefficient (Wildman–Crippen LogP) is 3.21. The van der Waals surface area contributed by atoms with Crippen LogP contribution in [0, 0.1) is 24.4 Å². The molecule has 0 aliphatic rings. The fourth-order valence-electron chi connectivity index (χ4n) is 0.925. The van der Waals surface area contributed by atoms with Crippen LogP contribution < -0.4 is 0 Å². The van der Waals surface area contributed by atoms with Gasteiger partial charge in [-0.25, -0.2) is 13.2 Å². The highest BCUT2D eigenvalue weighted by molar-refractivity contribution is 5.26. The molecule has 0 nitrogen and oxygen atoms in total. The lowest BCUT2D eigenvalue weighted by Crippen LogP contribution is -1.96. The molecule has 1 unspecified atom stereocenters. The summed E-state index contributed by atoms with van der Waals surface area (Å²) < 4.78 is 37.8. The van der Waals surface area contributed by atoms with E-state index in [0.29, 0.717) is 0 Å². The van der Waals surface area contributed by atoms with Crippen LogP contribution in [-0.4, -0.2) is 0 Å². The third kappa shape index (κ3) is 1.91. The van der Waals surface area contributed by atoms with Crippen molar-refractivity contribution in [2.24, 2.45) is 0 Å². The molecule has 1 rings (SSSR count). The first-order valence-electron chi connectivity index (χ1n) is 3.66. The van der Waals surface area contributed by atoms with Crippen molar-refractivity contribution in [3.05, 3.63) is 54.7 Å². The minimum Gasteiger partial charge on any atom is -0.204 e. The molecule has 0 aliphatic carbocycles. The SMILES string of the molecule is [CH2]C(C=C)c1cc(F)c(F)c(F)c1. The standard InChI is InChI=1S/C10H8F3/c1-3-6(2)7-4-8(11)10(13)9(12)5-7/h3-6H,1-2H2. The first kappa shape index (κ1) is 9.84. The zero-order valence-corrected chi connectivity index (χ0v) is 6.86. The lowest BCUT2D eigenvalue weighted by atomic mass is 10.0. The van der Waals surface area contributed by atoms with Gasteiger partial charge >= 0.3 is 0 Å². The second kappa shape index (κ2) is 3.64. The third-order valence-corrected chi connectivity index (χ3v) is 1.72. The van der Waals surface area contributed by atoms with Gasteiger partial charge in [0.15, 0.2) is 17.5 Å². The van der Waals surface area contributed by atoms with Gasteiger partial charge < -0.3 is 0 Å². The van der Waals surface area contributed by atoms with Crippen LogP contribution in [-0.2, 0) is 0 Å². The number of allylic oxidation sites excluding steroid dienone is 1. The highest BCUT2D eigenvalue weighted by Crippen LogP contribution is 2.20. The van der Waals surface area contributed by atoms with E-state index in [1.165, 1.54) is 6.08 Å². The topological polar surface area (TPSA) is 0 Å². The van der Waals surface area contributed by atoms with E-state index in [2.05, 4.69) is 13.5 Å². The quantitative estimate of drug-likeness (QED) is 0.490. The Bertz CT molecular complexity index is 308. The first-order valence-corrected chi connectivity index (χ1v) is 3.66. The highest BCUT2D eigenvalue weighted by atomic mass is 19.2. The van der Waals surface area contributed by atoms with Crippen molar-refractivity contribution in [2.75, 3.05) is 0 Å². The molecule has 0 fully saturated rings. The minimum absolute atomic E-state index is 0.270. The van der Waals surface area contributed by atoms with Crippen LogP contribution >= 0.6 is 0 Å². The van der Waals surface area contributed by atoms with E-state index in [1.54, 1.807) is 0 Å². The Morgan fingerprint density at radius 3 is 2.00 bits per heavy atom. The van der Waals surface area contributed by atoms with Gasteiger partial charge in [0.25, 0.3) is 0 Å². The zero-order valence-electron chi connectivity index (χ0n) is 6.86. The Hall–Kier alpha value is -1.25. The maximum atomic E-state index is 12.7. The molecule has 1 atom stereocenters. The van der Waals surface area contributed by atoms with Gasteiger partial charge in [0.1, 0.15) is 0 Å². The monoisotopic (exact) mass is 185 g/mol. The van der Waals surface area contributed by atoms with Gasteiger partial charge in [-0.1, -0.05) is 6.08 Å². The molecule has 69 valence electrons. The molecule has 0 N–H and O–H groups in total. The van der Waals surface area contributed by atoms with Gasteiger partial charge in [0.2, 0.25) is 0 Å². The van der Waals surface area contributed by atoms with Gasteiger partial charge in [-0.15, -0.1) is 6.58 Å². The maximum absolute atomic E-state index is 12.7. The molecule has 0 aliphatic heterocycles. The molecule has 0 saturated carbocycles. The zero-order chi connectivity index (χ0) is 10.0. The van der Waals surface area contributed by atoms with Gasteiger partial charge in [0.05, 0.1) is 0 Å². The molecule has 0 amide bonds. The van der Waals surface area contributed by atoms with Gasteiger partial charge in [0, 0.05) is 5.92 Å². The lowest BCUT2D eigenvalue weighted by Gasteiger charge is -2.06. The van der Waals surface area contributed by atoms with Crippen LogP contribution in [0.1, 0.15) is 11.5 Å². The summed E-state index contributed by atoms with van der Waals surface area (Å²) in [5.74, 6) is -4.30. The Kier molecular flexibility index (Phi) is 2.76. The molecular formula is C10H8F3. The molecule has 1 aromatic carbocycles. The van der Waals surface area contributed by atoms with E-state index in [1.807, 2.05) is 0 Å². The Morgan fingerprint density at radius 2 is 1.62 bits per heavy atom. The summed E-state index contributed by atoms with van der Waals surface area (Å²) in [4.78, 5) is 0. The molecule has 0 bridgehead atoms. The Morgan fingerprint density at radius 1 is 1.15 bits per heavy atom. The van der Waals surface area contributed by atoms with Gasteiger partial charge in [-0.05, 0) is 24.6 Å². The van der Waals surface area contributed by atoms with Crippen LogP contribution in [0.4, 0.5) is 13.2 Å². The number of rotatable bonds is 2. The maximum Gasteiger partial charge on any atom is 0.194 e. The molecular weight excluding hydrogens is 177 g/mol. The molecule has 0 aromatic heterocycles. The van der Waals surface area contributed by atoms with Gasteiger partial charge in [-0.2, -0.15) is 0 Å². The molecule has 13 heavy (non-hydrogen) atoms. The third-order valence-electron chi connectivity index (χ3n) is 1.72. The average molecular weight is 185 g/mol. The average Bonchev–Trinajstić information content (AvgIpc) is 2.12. The summed E-state index contributed by atoms with van der Waals surface area (Å²) >= 11 is 0. The molecule has 0 spiro atoms. The first-order chi connectivity index (χ1) is 6.06. The molecule has 1 radical (unpaired) electrons. The van der Waals surface area contributed by atoms with Crippen LogP contribution in [0.2, 0.25) is 0 Å². The summed E-state index contributed by atoms with van der Waals surface area (Å²) in [5, 5.41) is 0. The van der Waals surface area contributed by atoms with Crippen molar-refractivity contribution in [1.82, 2.24) is 0 Å². The molecule has 1 aromatic rings. The summed E-state index contributed by atoms with van der Waals surface area (Å²) in [5.41, 5.74) is 0.270. The van der Waals surface area contributed by atoms with E-state index < -0.39 is 23.4 Å². The van der Waals surface area contributed by atoms with E-state index in [0.717, 1.165) is 12.1 Å². The van der Waals surface area contributed by atoms with E-state index in [4.69, 9.17) is 0 Å². The number of benzene rings is 1. The molecule has 0 heterocycles. The normalized spacial score (nSPS) is 12.6. The summed E-state index contributed by atoms with van der Waals surface area (Å²) in [6, 6.07) is 1.83. The van der Waals surface area contributed by atoms with Crippen molar-refractivity contribution in [2.45, 2.75) is 5.92 Å². The molecule has 0 saturated heterocycles. The number of halogens is 3. The van der Waals surface area contributed by atoms with Gasteiger partial charge in [-0.3, -0.25) is 0 Å². The number of hydrogen-bond donors (Lipinski definition) is 0. The summed E-state index contributed by atoms with van der Waals surface area (Å²) in [7, 11) is 0. The lowest BCUT2D eigenvalue weighted by molar-refractivity contribution is 0.445. The molecule has 3 heteroatoms. The Labute approximate surface area is 74.7 Å².